The number of para-hydroxylation sites is 2. The van der Waals surface area contributed by atoms with E-state index >= 15 is 0 Å². The molecular weight excluding hydrogens is 418 g/mol. The summed E-state index contributed by atoms with van der Waals surface area (Å²) >= 11 is 0. The maximum atomic E-state index is 12.7. The SMILES string of the molecule is CN=C(NCCc1cc(OC)ccc1OC)NC1CCN(c2ccccc2OC(F)F)C1. The smallest absolute Gasteiger partial charge is 0.387 e. The van der Waals surface area contributed by atoms with Crippen molar-refractivity contribution in [3.8, 4) is 17.2 Å². The second-order valence-corrected chi connectivity index (χ2v) is 7.35. The zero-order valence-electron chi connectivity index (χ0n) is 18.6. The topological polar surface area (TPSA) is 67.4 Å². The number of aliphatic imine (C=N–C) groups is 1. The van der Waals surface area contributed by atoms with E-state index in [1.165, 1.54) is 0 Å². The molecule has 1 fully saturated rings. The summed E-state index contributed by atoms with van der Waals surface area (Å²) in [5.41, 5.74) is 1.71. The number of hydrogen-bond donors (Lipinski definition) is 2. The Labute approximate surface area is 187 Å². The lowest BCUT2D eigenvalue weighted by atomic mass is 10.1. The summed E-state index contributed by atoms with van der Waals surface area (Å²) in [5, 5.41) is 6.74. The normalized spacial score (nSPS) is 16.2. The first-order valence-electron chi connectivity index (χ1n) is 10.5. The van der Waals surface area contributed by atoms with Gasteiger partial charge in [0.15, 0.2) is 5.96 Å². The minimum atomic E-state index is -2.85. The van der Waals surface area contributed by atoms with E-state index in [1.54, 1.807) is 39.5 Å². The monoisotopic (exact) mass is 448 g/mol. The third kappa shape index (κ3) is 6.15. The van der Waals surface area contributed by atoms with E-state index in [0.717, 1.165) is 36.4 Å². The molecule has 0 radical (unpaired) electrons. The van der Waals surface area contributed by atoms with Crippen molar-refractivity contribution >= 4 is 11.6 Å². The molecule has 0 amide bonds. The van der Waals surface area contributed by atoms with Gasteiger partial charge in [-0.15, -0.1) is 0 Å². The number of halogens is 2. The van der Waals surface area contributed by atoms with E-state index in [1.807, 2.05) is 29.2 Å². The predicted molar refractivity (Wildman–Crippen MR) is 121 cm³/mol. The van der Waals surface area contributed by atoms with Crippen LogP contribution >= 0.6 is 0 Å². The average molecular weight is 449 g/mol. The molecule has 1 saturated heterocycles. The third-order valence-electron chi connectivity index (χ3n) is 5.35. The Hall–Kier alpha value is -3.23. The third-order valence-corrected chi connectivity index (χ3v) is 5.35. The summed E-state index contributed by atoms with van der Waals surface area (Å²) in [6.07, 6.45) is 1.59. The Kier molecular flexibility index (Phi) is 8.35. The van der Waals surface area contributed by atoms with Crippen molar-refractivity contribution in [2.75, 3.05) is 45.8 Å². The summed E-state index contributed by atoms with van der Waals surface area (Å²) in [5.74, 6) is 2.48. The van der Waals surface area contributed by atoms with Crippen LogP contribution in [0.25, 0.3) is 0 Å². The lowest BCUT2D eigenvalue weighted by Crippen LogP contribution is -2.45. The molecule has 7 nitrogen and oxygen atoms in total. The van der Waals surface area contributed by atoms with Gasteiger partial charge < -0.3 is 29.7 Å². The van der Waals surface area contributed by atoms with Gasteiger partial charge in [0.1, 0.15) is 17.2 Å². The lowest BCUT2D eigenvalue weighted by Gasteiger charge is -2.22. The quantitative estimate of drug-likeness (QED) is 0.453. The van der Waals surface area contributed by atoms with E-state index in [9.17, 15) is 8.78 Å². The second kappa shape index (κ2) is 11.4. The number of ether oxygens (including phenoxy) is 3. The van der Waals surface area contributed by atoms with Gasteiger partial charge in [0.05, 0.1) is 19.9 Å². The van der Waals surface area contributed by atoms with Crippen LogP contribution in [0.4, 0.5) is 14.5 Å². The van der Waals surface area contributed by atoms with Crippen LogP contribution in [0.15, 0.2) is 47.5 Å². The van der Waals surface area contributed by atoms with Crippen molar-refractivity contribution in [2.24, 2.45) is 4.99 Å². The molecule has 0 spiro atoms. The van der Waals surface area contributed by atoms with Crippen LogP contribution in [0.5, 0.6) is 17.2 Å². The fourth-order valence-electron chi connectivity index (χ4n) is 3.79. The highest BCUT2D eigenvalue weighted by molar-refractivity contribution is 5.80. The van der Waals surface area contributed by atoms with Gasteiger partial charge in [0.25, 0.3) is 0 Å². The van der Waals surface area contributed by atoms with Crippen molar-refractivity contribution in [1.82, 2.24) is 10.6 Å². The molecule has 1 unspecified atom stereocenters. The molecule has 1 aliphatic heterocycles. The molecule has 3 rings (SSSR count). The van der Waals surface area contributed by atoms with Crippen LogP contribution < -0.4 is 29.7 Å². The summed E-state index contributed by atoms with van der Waals surface area (Å²) in [6, 6.07) is 12.7. The molecule has 1 atom stereocenters. The Morgan fingerprint density at radius 1 is 1.16 bits per heavy atom. The number of anilines is 1. The predicted octanol–water partition coefficient (Wildman–Crippen LogP) is 3.29. The van der Waals surface area contributed by atoms with Gasteiger partial charge in [-0.25, -0.2) is 0 Å². The first-order chi connectivity index (χ1) is 15.5. The minimum absolute atomic E-state index is 0.132. The molecule has 2 aromatic rings. The number of guanidine groups is 1. The van der Waals surface area contributed by atoms with Crippen LogP contribution in [0.1, 0.15) is 12.0 Å². The molecule has 174 valence electrons. The molecule has 2 aromatic carbocycles. The van der Waals surface area contributed by atoms with E-state index in [4.69, 9.17) is 9.47 Å². The van der Waals surface area contributed by atoms with E-state index in [2.05, 4.69) is 20.4 Å². The lowest BCUT2D eigenvalue weighted by molar-refractivity contribution is -0.0495. The number of benzene rings is 2. The Bertz CT molecular complexity index is 911. The van der Waals surface area contributed by atoms with E-state index < -0.39 is 6.61 Å². The van der Waals surface area contributed by atoms with Crippen LogP contribution in [-0.4, -0.2) is 59.5 Å². The molecule has 2 N–H and O–H groups in total. The van der Waals surface area contributed by atoms with Gasteiger partial charge in [-0.05, 0) is 48.7 Å². The maximum absolute atomic E-state index is 12.7. The molecule has 1 aliphatic rings. The fourth-order valence-corrected chi connectivity index (χ4v) is 3.79. The van der Waals surface area contributed by atoms with Crippen molar-refractivity contribution in [3.05, 3.63) is 48.0 Å². The number of alkyl halides is 2. The summed E-state index contributed by atoms with van der Waals surface area (Å²) in [7, 11) is 5.01. The van der Waals surface area contributed by atoms with Gasteiger partial charge in [0, 0.05) is 32.7 Å². The molecular formula is C23H30F2N4O3. The van der Waals surface area contributed by atoms with Crippen LogP contribution in [-0.2, 0) is 6.42 Å². The molecule has 9 heteroatoms. The Morgan fingerprint density at radius 2 is 1.97 bits per heavy atom. The van der Waals surface area contributed by atoms with Gasteiger partial charge in [0.2, 0.25) is 0 Å². The van der Waals surface area contributed by atoms with E-state index in [0.29, 0.717) is 24.7 Å². The van der Waals surface area contributed by atoms with Crippen molar-refractivity contribution in [1.29, 1.82) is 0 Å². The highest BCUT2D eigenvalue weighted by Crippen LogP contribution is 2.31. The van der Waals surface area contributed by atoms with Crippen LogP contribution in [0.2, 0.25) is 0 Å². The largest absolute Gasteiger partial charge is 0.497 e. The van der Waals surface area contributed by atoms with Gasteiger partial charge in [-0.2, -0.15) is 8.78 Å². The minimum Gasteiger partial charge on any atom is -0.497 e. The fraction of sp³-hybridized carbons (Fsp3) is 0.435. The zero-order valence-corrected chi connectivity index (χ0v) is 18.6. The highest BCUT2D eigenvalue weighted by atomic mass is 19.3. The number of nitrogens with one attached hydrogen (secondary N) is 2. The standard InChI is InChI=1S/C23H30F2N4O3/c1-26-23(27-12-10-16-14-18(30-2)8-9-20(16)31-3)28-17-11-13-29(15-17)19-6-4-5-7-21(19)32-22(24)25/h4-9,14,17,22H,10-13,15H2,1-3H3,(H2,26,27,28). The Balaban J connectivity index is 1.53. The van der Waals surface area contributed by atoms with Gasteiger partial charge >= 0.3 is 6.61 Å². The van der Waals surface area contributed by atoms with Crippen molar-refractivity contribution in [2.45, 2.75) is 25.5 Å². The molecule has 1 heterocycles. The molecule has 0 aliphatic carbocycles. The van der Waals surface area contributed by atoms with Crippen LogP contribution in [0, 0.1) is 0 Å². The van der Waals surface area contributed by atoms with Crippen molar-refractivity contribution < 1.29 is 23.0 Å². The van der Waals surface area contributed by atoms with Crippen molar-refractivity contribution in [3.63, 3.8) is 0 Å². The second-order valence-electron chi connectivity index (χ2n) is 7.35. The summed E-state index contributed by atoms with van der Waals surface area (Å²) < 4.78 is 40.8. The summed E-state index contributed by atoms with van der Waals surface area (Å²) in [4.78, 5) is 6.36. The summed E-state index contributed by atoms with van der Waals surface area (Å²) in [6.45, 7) is -0.795. The average Bonchev–Trinajstić information content (AvgIpc) is 3.26. The molecule has 0 aromatic heterocycles. The number of hydrogen-bond acceptors (Lipinski definition) is 5. The number of methoxy groups -OCH3 is 2. The van der Waals surface area contributed by atoms with E-state index in [-0.39, 0.29) is 11.8 Å². The first kappa shape index (κ1) is 23.4. The maximum Gasteiger partial charge on any atom is 0.387 e. The van der Waals surface area contributed by atoms with Gasteiger partial charge in [-0.1, -0.05) is 12.1 Å². The first-order valence-corrected chi connectivity index (χ1v) is 10.5. The number of rotatable bonds is 9. The highest BCUT2D eigenvalue weighted by Gasteiger charge is 2.26. The number of nitrogens with zero attached hydrogens (tertiary/aromatic N) is 2. The van der Waals surface area contributed by atoms with Gasteiger partial charge in [-0.3, -0.25) is 4.99 Å². The zero-order chi connectivity index (χ0) is 22.9. The Morgan fingerprint density at radius 3 is 2.69 bits per heavy atom. The van der Waals surface area contributed by atoms with Crippen LogP contribution in [0.3, 0.4) is 0 Å². The molecule has 32 heavy (non-hydrogen) atoms. The molecule has 0 saturated carbocycles. The molecule has 0 bridgehead atoms.